The molecule has 1 aromatic rings. The van der Waals surface area contributed by atoms with Crippen molar-refractivity contribution in [1.29, 1.82) is 5.26 Å². The molecule has 0 unspecified atom stereocenters. The van der Waals surface area contributed by atoms with Crippen molar-refractivity contribution in [2.45, 2.75) is 37.9 Å². The zero-order valence-electron chi connectivity index (χ0n) is 16.5. The summed E-state index contributed by atoms with van der Waals surface area (Å²) in [5.41, 5.74) is -1.47. The number of nitriles is 1. The molecule has 0 heterocycles. The molecule has 0 spiro atoms. The maximum absolute atomic E-state index is 12.9. The van der Waals surface area contributed by atoms with Crippen molar-refractivity contribution in [2.24, 2.45) is 17.3 Å². The van der Waals surface area contributed by atoms with Crippen LogP contribution in [0.1, 0.15) is 13.8 Å². The zero-order valence-corrected chi connectivity index (χ0v) is 19.2. The summed E-state index contributed by atoms with van der Waals surface area (Å²) >= 11 is 0.0479. The van der Waals surface area contributed by atoms with Crippen LogP contribution in [0.15, 0.2) is 30.3 Å². The molecule has 1 aliphatic carbocycles. The maximum atomic E-state index is 12.9. The summed E-state index contributed by atoms with van der Waals surface area (Å²) in [4.78, 5) is 25.7. The van der Waals surface area contributed by atoms with E-state index in [1.54, 1.807) is 13.8 Å². The predicted octanol–water partition coefficient (Wildman–Crippen LogP) is 2.56. The summed E-state index contributed by atoms with van der Waals surface area (Å²) in [6.07, 6.45) is 0. The van der Waals surface area contributed by atoms with Gasteiger partial charge in [0.15, 0.2) is 0 Å². The number of benzene rings is 1. The Labute approximate surface area is 168 Å². The van der Waals surface area contributed by atoms with Crippen molar-refractivity contribution >= 4 is 39.4 Å². The first kappa shape index (κ1) is 21.7. The Morgan fingerprint density at radius 2 is 1.67 bits per heavy atom. The van der Waals surface area contributed by atoms with E-state index in [0.717, 1.165) is 0 Å². The van der Waals surface area contributed by atoms with E-state index in [4.69, 9.17) is 9.47 Å². The van der Waals surface area contributed by atoms with E-state index in [1.807, 2.05) is 18.2 Å². The standard InChI is InChI=1S/C20H27NO4SeSi/c1-6-24-18(22)20(19(23)25-7-2)15(13-21)16(20)17(27(3,4)5)26-14-11-9-8-10-12-14/h8-12,15-17H,6-7H2,1-5H3/t15-,16-,17-/m1/s1. The second-order valence-electron chi connectivity index (χ2n) is 7.66. The van der Waals surface area contributed by atoms with Crippen molar-refractivity contribution in [3.8, 4) is 6.07 Å². The van der Waals surface area contributed by atoms with Crippen molar-refractivity contribution in [2.75, 3.05) is 13.2 Å². The molecule has 1 aliphatic rings. The number of esters is 2. The van der Waals surface area contributed by atoms with Gasteiger partial charge in [0, 0.05) is 0 Å². The Balaban J connectivity index is 2.47. The van der Waals surface area contributed by atoms with Crippen LogP contribution in [0, 0.1) is 28.6 Å². The summed E-state index contributed by atoms with van der Waals surface area (Å²) in [7, 11) is -1.79. The van der Waals surface area contributed by atoms with Crippen LogP contribution in [0.4, 0.5) is 0 Å². The molecule has 1 fully saturated rings. The Hall–Kier alpha value is -1.61. The summed E-state index contributed by atoms with van der Waals surface area (Å²) < 4.78 is 11.8. The first-order chi connectivity index (χ1) is 12.7. The molecule has 0 amide bonds. The van der Waals surface area contributed by atoms with Crippen molar-refractivity contribution in [3.63, 3.8) is 0 Å². The Bertz CT molecular complexity index is 708. The molecule has 0 radical (unpaired) electrons. The van der Waals surface area contributed by atoms with Crippen molar-refractivity contribution < 1.29 is 19.1 Å². The van der Waals surface area contributed by atoms with Gasteiger partial charge in [0.1, 0.15) is 0 Å². The first-order valence-corrected chi connectivity index (χ1v) is 14.6. The van der Waals surface area contributed by atoms with Crippen LogP contribution in [0.3, 0.4) is 0 Å². The molecule has 0 saturated heterocycles. The summed E-state index contributed by atoms with van der Waals surface area (Å²) in [6.45, 7) is 10.5. The quantitative estimate of drug-likeness (QED) is 0.344. The van der Waals surface area contributed by atoms with E-state index < -0.39 is 31.3 Å². The molecule has 0 bridgehead atoms. The SMILES string of the molecule is CCOC(=O)C1(C(=O)OCC)[C@@H]([C@H]([Se]c2ccccc2)[Si](C)(C)C)[C@H]1C#N. The normalized spacial score (nSPS) is 21.6. The van der Waals surface area contributed by atoms with Crippen molar-refractivity contribution in [3.05, 3.63) is 30.3 Å². The molecule has 5 nitrogen and oxygen atoms in total. The number of carbonyl (C=O) groups is 2. The molecule has 27 heavy (non-hydrogen) atoms. The van der Waals surface area contributed by atoms with E-state index in [9.17, 15) is 14.9 Å². The van der Waals surface area contributed by atoms with Crippen LogP contribution in [0.2, 0.25) is 24.1 Å². The monoisotopic (exact) mass is 453 g/mol. The minimum atomic E-state index is -1.79. The third-order valence-corrected chi connectivity index (χ3v) is 14.2. The van der Waals surface area contributed by atoms with Crippen LogP contribution in [0.25, 0.3) is 0 Å². The molecule has 7 heteroatoms. The van der Waals surface area contributed by atoms with Crippen LogP contribution >= 0.6 is 0 Å². The summed E-state index contributed by atoms with van der Waals surface area (Å²) in [5, 5.41) is 9.78. The number of hydrogen-bond donors (Lipinski definition) is 0. The number of carbonyl (C=O) groups excluding carboxylic acids is 2. The van der Waals surface area contributed by atoms with E-state index in [1.165, 1.54) is 4.46 Å². The number of rotatable bonds is 8. The molecule has 3 atom stereocenters. The third kappa shape index (κ3) is 4.13. The van der Waals surface area contributed by atoms with Gasteiger partial charge >= 0.3 is 169 Å². The van der Waals surface area contributed by atoms with Crippen LogP contribution < -0.4 is 4.46 Å². The van der Waals surface area contributed by atoms with Gasteiger partial charge in [-0.25, -0.2) is 0 Å². The number of hydrogen-bond acceptors (Lipinski definition) is 5. The topological polar surface area (TPSA) is 76.4 Å². The average Bonchev–Trinajstić information content (AvgIpc) is 3.29. The molecule has 0 aromatic heterocycles. The first-order valence-electron chi connectivity index (χ1n) is 9.20. The molecule has 0 aliphatic heterocycles. The Morgan fingerprint density at radius 3 is 2.07 bits per heavy atom. The average molecular weight is 452 g/mol. The van der Waals surface area contributed by atoms with Gasteiger partial charge in [-0.2, -0.15) is 0 Å². The van der Waals surface area contributed by atoms with E-state index in [-0.39, 0.29) is 38.5 Å². The van der Waals surface area contributed by atoms with Crippen LogP contribution in [-0.4, -0.2) is 48.2 Å². The number of ether oxygens (including phenoxy) is 2. The van der Waals surface area contributed by atoms with Gasteiger partial charge in [-0.05, 0) is 0 Å². The van der Waals surface area contributed by atoms with Gasteiger partial charge in [0.2, 0.25) is 0 Å². The summed E-state index contributed by atoms with van der Waals surface area (Å²) in [6, 6.07) is 12.3. The van der Waals surface area contributed by atoms with Gasteiger partial charge in [-0.15, -0.1) is 0 Å². The zero-order chi connectivity index (χ0) is 20.2. The fraction of sp³-hybridized carbons (Fsp3) is 0.550. The van der Waals surface area contributed by atoms with Gasteiger partial charge in [0.25, 0.3) is 0 Å². The molecule has 2 rings (SSSR count). The van der Waals surface area contributed by atoms with E-state index >= 15 is 0 Å². The number of nitrogens with zero attached hydrogens (tertiary/aromatic N) is 1. The second-order valence-corrected chi connectivity index (χ2v) is 16.5. The van der Waals surface area contributed by atoms with E-state index in [2.05, 4.69) is 37.8 Å². The molecule has 1 aromatic carbocycles. The molecule has 1 saturated carbocycles. The van der Waals surface area contributed by atoms with Gasteiger partial charge in [0.05, 0.1) is 0 Å². The van der Waals surface area contributed by atoms with Crippen LogP contribution in [-0.2, 0) is 19.1 Å². The van der Waals surface area contributed by atoms with Gasteiger partial charge in [-0.1, -0.05) is 0 Å². The van der Waals surface area contributed by atoms with Crippen LogP contribution in [0.5, 0.6) is 0 Å². The Morgan fingerprint density at radius 1 is 1.15 bits per heavy atom. The minimum absolute atomic E-state index is 0.0479. The molecular weight excluding hydrogens is 425 g/mol. The second kappa shape index (κ2) is 8.60. The fourth-order valence-corrected chi connectivity index (χ4v) is 10.7. The third-order valence-electron chi connectivity index (χ3n) is 4.82. The predicted molar refractivity (Wildman–Crippen MR) is 107 cm³/mol. The molecule has 146 valence electrons. The molecule has 0 N–H and O–H groups in total. The van der Waals surface area contributed by atoms with Gasteiger partial charge in [-0.3, -0.25) is 0 Å². The molecular formula is C20H27NO4SeSi. The Kier molecular flexibility index (Phi) is 6.90. The van der Waals surface area contributed by atoms with Gasteiger partial charge < -0.3 is 0 Å². The fourth-order valence-electron chi connectivity index (χ4n) is 3.56. The van der Waals surface area contributed by atoms with E-state index in [0.29, 0.717) is 0 Å². The summed E-state index contributed by atoms with van der Waals surface area (Å²) in [5.74, 6) is -2.23. The van der Waals surface area contributed by atoms with Crippen molar-refractivity contribution in [1.82, 2.24) is 0 Å².